The first-order valence-corrected chi connectivity index (χ1v) is 44.9. The number of nitrogens with one attached hydrogen (secondary N) is 5. The van der Waals surface area contributed by atoms with E-state index in [1.807, 2.05) is 7.05 Å². The maximum Gasteiger partial charge on any atom is 0.587 e. The van der Waals surface area contributed by atoms with Crippen molar-refractivity contribution in [1.29, 1.82) is 0 Å². The van der Waals surface area contributed by atoms with Gasteiger partial charge < -0.3 is 57.5 Å². The van der Waals surface area contributed by atoms with Gasteiger partial charge in [0.15, 0.2) is 23.3 Å². The molecule has 4 saturated heterocycles. The van der Waals surface area contributed by atoms with Gasteiger partial charge in [-0.1, -0.05) is 19.3 Å². The van der Waals surface area contributed by atoms with Gasteiger partial charge in [-0.2, -0.15) is 80.5 Å². The number of piperidine rings is 2. The van der Waals surface area contributed by atoms with Crippen LogP contribution in [-0.2, 0) is 18.9 Å². The van der Waals surface area contributed by atoms with E-state index in [1.165, 1.54) is 34.2 Å². The molecule has 10 atom stereocenters. The Kier molecular flexibility index (Phi) is 30.3. The van der Waals surface area contributed by atoms with Gasteiger partial charge in [0, 0.05) is 69.6 Å². The number of nitrogens with zero attached hydrogens (tertiary/aromatic N) is 20. The SMILES string of the molecule is CC1(C)CC(Nc2nc(Cl)ncc2F)CC(C)(C)N1.CC1(C)CC(Nc2nc(Nc3cc(-n4cnnn4)c([C@H]4C[C@@H]4C(F)(F)F)cc3F)ncc2F)CC(C)(C)N1.C[C@@H]1C[C@H]1[B-]12OC(=O)C[N+]1(C)CC(=O)O2.Nc1cc(-n2cnnn2)c([C@H]2C[C@@H]2C(F)(F)F)cc1F.Nc1cc([N+](=O)[O-])c(F)cc1Br.Nc1cc([N+](=O)[O-])c(F)cc1[C@H]1C[C@@H]1C(F)(F)F.O=[N+]([O-])c1cc(-n2cnnn2)c([C@H]2C[C@@H]2C(F)(F)F)cc1F. The van der Waals surface area contributed by atoms with E-state index in [9.17, 15) is 119 Å². The molecule has 38 nitrogen and oxygen atoms in total. The topological polar surface area (TPSA) is 503 Å². The summed E-state index contributed by atoms with van der Waals surface area (Å²) in [6.45, 7) is 17.8. The Labute approximate surface area is 816 Å². The number of tetrazole rings is 3. The third-order valence-corrected chi connectivity index (χ3v) is 26.2. The fraction of sp³-hybridized carbons (Fsp3) is 0.488. The summed E-state index contributed by atoms with van der Waals surface area (Å²) in [5, 5.41) is 79.0. The second kappa shape index (κ2) is 40.4. The molecule has 0 bridgehead atoms. The van der Waals surface area contributed by atoms with Gasteiger partial charge in [-0.3, -0.25) is 39.9 Å². The number of quaternary nitrogens is 1. The number of halogens is 21. The number of hydrogen-bond donors (Lipinski definition) is 8. The van der Waals surface area contributed by atoms with E-state index in [1.54, 1.807) is 0 Å². The molecule has 19 rings (SSSR count). The zero-order valence-corrected chi connectivity index (χ0v) is 79.5. The van der Waals surface area contributed by atoms with Gasteiger partial charge in [-0.15, -0.1) is 15.3 Å². The number of nitro benzene ring substituents is 3. The van der Waals surface area contributed by atoms with Gasteiger partial charge in [-0.25, -0.2) is 36.9 Å². The van der Waals surface area contributed by atoms with Gasteiger partial charge in [0.25, 0.3) is 0 Å². The molecular weight excluding hydrogens is 2050 g/mol. The van der Waals surface area contributed by atoms with Crippen molar-refractivity contribution in [3.05, 3.63) is 195 Å². The summed E-state index contributed by atoms with van der Waals surface area (Å²) in [7, 11) is 1.89. The summed E-state index contributed by atoms with van der Waals surface area (Å²) in [5.74, 6) is -15.3. The van der Waals surface area contributed by atoms with Crippen LogP contribution in [0.3, 0.4) is 0 Å². The number of rotatable bonds is 17. The number of likely N-dealkylation sites (N-methyl/N-ethyl adjacent to an activating group) is 1. The number of fused-ring (bicyclic) bond motifs is 1. The van der Waals surface area contributed by atoms with E-state index in [-0.39, 0.29) is 176 Å². The van der Waals surface area contributed by atoms with Crippen LogP contribution in [0.4, 0.5) is 141 Å². The smallest absolute Gasteiger partial charge is 0.587 e. The van der Waals surface area contributed by atoms with Crippen molar-refractivity contribution in [2.75, 3.05) is 53.3 Å². The molecule has 0 radical (unpaired) electrons. The second-order valence-electron chi connectivity index (χ2n) is 39.0. The number of anilines is 7. The van der Waals surface area contributed by atoms with E-state index in [4.69, 9.17) is 38.1 Å². The van der Waals surface area contributed by atoms with Crippen molar-refractivity contribution in [2.24, 2.45) is 29.6 Å². The molecule has 9 heterocycles. The number of carbonyl (C=O) groups is 2. The number of carbonyl (C=O) groups excluding carboxylic acids is 2. The first-order chi connectivity index (χ1) is 66.7. The zero-order chi connectivity index (χ0) is 106. The fourth-order valence-corrected chi connectivity index (χ4v) is 19.6. The van der Waals surface area contributed by atoms with Crippen LogP contribution >= 0.6 is 27.5 Å². The van der Waals surface area contributed by atoms with Crippen LogP contribution in [0.2, 0.25) is 11.1 Å². The maximum atomic E-state index is 15.1. The summed E-state index contributed by atoms with van der Waals surface area (Å²) in [6, 6.07) is 9.69. The molecule has 0 amide bonds. The fourth-order valence-electron chi connectivity index (χ4n) is 19.2. The van der Waals surface area contributed by atoms with Crippen molar-refractivity contribution < 1.29 is 121 Å². The average molecular weight is 2140 g/mol. The molecular formula is C84H90BBrClF19N28O10. The van der Waals surface area contributed by atoms with Crippen LogP contribution in [0.15, 0.2) is 96.5 Å². The van der Waals surface area contributed by atoms with Crippen LogP contribution in [0.5, 0.6) is 0 Å². The molecule has 60 heteroatoms. The van der Waals surface area contributed by atoms with Crippen LogP contribution in [-0.4, -0.2) is 197 Å². The van der Waals surface area contributed by atoms with Crippen molar-refractivity contribution in [1.82, 2.24) is 91.2 Å². The molecule has 9 fully saturated rings. The first kappa shape index (κ1) is 108. The van der Waals surface area contributed by atoms with Crippen molar-refractivity contribution >= 4 is 104 Å². The minimum atomic E-state index is -4.40. The Hall–Kier alpha value is -13.2. The molecule has 4 aliphatic heterocycles. The summed E-state index contributed by atoms with van der Waals surface area (Å²) in [5.41, 5.74) is 14.0. The van der Waals surface area contributed by atoms with Gasteiger partial charge in [0.05, 0.1) is 85.0 Å². The maximum absolute atomic E-state index is 15.1. The van der Waals surface area contributed by atoms with E-state index in [2.05, 4.69) is 171 Å². The number of alkyl halides is 12. The molecule has 10 aromatic rings. The number of nitrogens with two attached hydrogens (primary N) is 3. The Morgan fingerprint density at radius 2 is 0.826 bits per heavy atom. The molecule has 5 saturated carbocycles. The lowest BCUT2D eigenvalue weighted by atomic mass is 9.61. The Bertz CT molecular complexity index is 6430. The largest absolute Gasteiger partial charge is 0.600 e. The van der Waals surface area contributed by atoms with E-state index in [0.29, 0.717) is 27.6 Å². The van der Waals surface area contributed by atoms with Crippen LogP contribution in [0.1, 0.15) is 166 Å². The Morgan fingerprint density at radius 3 is 1.21 bits per heavy atom. The van der Waals surface area contributed by atoms with E-state index >= 15 is 4.39 Å². The molecule has 144 heavy (non-hydrogen) atoms. The number of aromatic nitrogens is 16. The lowest BCUT2D eigenvalue weighted by molar-refractivity contribution is -0.794. The highest BCUT2D eigenvalue weighted by molar-refractivity contribution is 9.10. The third kappa shape index (κ3) is 25.6. The highest BCUT2D eigenvalue weighted by Crippen LogP contribution is 2.63. The second-order valence-corrected chi connectivity index (χ2v) is 40.1. The number of nitro groups is 3. The highest BCUT2D eigenvalue weighted by Gasteiger charge is 2.73. The first-order valence-electron chi connectivity index (χ1n) is 43.8. The molecule has 5 aliphatic carbocycles. The van der Waals surface area contributed by atoms with Gasteiger partial charge in [0.1, 0.15) is 43.7 Å². The normalized spacial score (nSPS) is 24.3. The summed E-state index contributed by atoms with van der Waals surface area (Å²) < 4.78 is 264. The average Bonchev–Trinajstić information content (AvgIpc) is 1.53. The Morgan fingerprint density at radius 1 is 0.479 bits per heavy atom. The molecule has 5 aromatic heterocycles. The molecule has 9 aliphatic rings. The van der Waals surface area contributed by atoms with Crippen molar-refractivity contribution in [3.8, 4) is 17.1 Å². The number of nitrogen functional groups attached to an aromatic ring is 3. The number of hydrogen-bond acceptors (Lipinski definition) is 31. The van der Waals surface area contributed by atoms with E-state index < -0.39 is 151 Å². The van der Waals surface area contributed by atoms with Gasteiger partial charge >= 0.3 is 60.4 Å². The van der Waals surface area contributed by atoms with Crippen LogP contribution in [0.25, 0.3) is 17.1 Å². The highest BCUT2D eigenvalue weighted by atomic mass is 79.9. The Balaban J connectivity index is 0.000000145. The quantitative estimate of drug-likeness (QED) is 0.0105. The van der Waals surface area contributed by atoms with Crippen molar-refractivity contribution in [3.63, 3.8) is 0 Å². The van der Waals surface area contributed by atoms with Gasteiger partial charge in [-0.05, 0) is 260 Å². The molecule has 5 aromatic carbocycles. The molecule has 11 N–H and O–H groups in total. The monoisotopic (exact) mass is 2140 g/mol. The summed E-state index contributed by atoms with van der Waals surface area (Å²) in [6.07, 6.45) is -8.23. The standard InChI is InChI=1S/C24H28F5N9.C13H20ClFN4.C11H7F4N5O2.C11H9F4N5.C10H8F4N2O2.C9H14BNO4.C6H4BrFN2O2/c1-22(2)8-12(9-23(3,4)35-22)32-20-17(26)10-30-21(34-20)33-18-7-19(38-11-31-36-37-38)14(6-16(18)25)13-5-15(13)24(27,28)29;1-12(2)5-8(6-13(3,4)19-12)17-10-9(15)7-16-11(14)18-10;12-8-2-6(5-1-7(5)11(13,14)15)9(3-10(8)20(21)22)19-4-16-17-18-19;12-8-2-6(5-1-7(5)11(13,14)15)10(3-9(8)16)20-4-17-18-19-20;11-7-2-5(4-1-6(4)10(12,13)14)8(15)3-9(7)16(17)18;1-6-3-7(6)10-11(2,4-8(12)14-10)5-9(13)15-10;7-3-1-4(8)6(10(11)12)2-5(3)9/h6-7,10-13,15,35H,5,8-9H2,1-4H3,(H2,30,32,33,34);7-8,19H,5-6H2,1-4H3,(H,16,17,18);2-5,7H,1H2;2-5,7H,1,16H2;2-4,6H,1,15H2;6-7H,3-5H2,1-2H3;1-2H,9H2/t13-,15+;;2*5-,7+;4-,6+;6-,7-,10?,11?;/m1.1111./s1. The zero-order valence-electron chi connectivity index (χ0n) is 77.1. The van der Waals surface area contributed by atoms with Crippen LogP contribution in [0, 0.1) is 101 Å². The lowest BCUT2D eigenvalue weighted by Gasteiger charge is -2.46. The summed E-state index contributed by atoms with van der Waals surface area (Å²) >= 11 is 8.65. The predicted octanol–water partition coefficient (Wildman–Crippen LogP) is 17.2. The number of benzene rings is 5. The minimum Gasteiger partial charge on any atom is -0.600 e. The molecule has 0 spiro atoms. The molecule has 776 valence electrons. The van der Waals surface area contributed by atoms with Crippen molar-refractivity contribution in [2.45, 2.75) is 209 Å². The predicted molar refractivity (Wildman–Crippen MR) is 478 cm³/mol. The third-order valence-electron chi connectivity index (χ3n) is 25.3. The van der Waals surface area contributed by atoms with Crippen LogP contribution < -0.4 is 43.8 Å². The van der Waals surface area contributed by atoms with Gasteiger partial charge in [0.2, 0.25) is 28.7 Å². The lowest BCUT2D eigenvalue weighted by Crippen LogP contribution is -2.60. The van der Waals surface area contributed by atoms with E-state index in [0.717, 1.165) is 91.2 Å². The minimum absolute atomic E-state index is 0.00211. The molecule has 0 unspecified atom stereocenters. The summed E-state index contributed by atoms with van der Waals surface area (Å²) in [4.78, 5) is 67.1.